The smallest absolute Gasteiger partial charge is 0.216 e. The van der Waals surface area contributed by atoms with Gasteiger partial charge < -0.3 is 5.11 Å². The van der Waals surface area contributed by atoms with Gasteiger partial charge in [-0.1, -0.05) is 38.1 Å². The highest BCUT2D eigenvalue weighted by molar-refractivity contribution is 7.88. The lowest BCUT2D eigenvalue weighted by Gasteiger charge is -2.08. The molecule has 2 rings (SSSR count). The van der Waals surface area contributed by atoms with Crippen LogP contribution in [0.4, 0.5) is 0 Å². The molecule has 1 aromatic rings. The summed E-state index contributed by atoms with van der Waals surface area (Å²) in [5.74, 6) is -0.00864. The van der Waals surface area contributed by atoms with Crippen LogP contribution in [0, 0.1) is 5.41 Å². The number of hydrogen-bond donors (Lipinski definition) is 2. The second kappa shape index (κ2) is 4.64. The van der Waals surface area contributed by atoms with Crippen LogP contribution in [0.5, 0.6) is 0 Å². The van der Waals surface area contributed by atoms with Crippen molar-refractivity contribution in [3.63, 3.8) is 0 Å². The fourth-order valence-electron chi connectivity index (χ4n) is 1.89. The number of aliphatic hydroxyl groups is 1. The summed E-state index contributed by atoms with van der Waals surface area (Å²) >= 11 is 0. The third kappa shape index (κ3) is 3.31. The Kier molecular flexibility index (Phi) is 3.49. The molecular weight excluding hydrogens is 250 g/mol. The van der Waals surface area contributed by atoms with Crippen molar-refractivity contribution in [2.45, 2.75) is 38.7 Å². The van der Waals surface area contributed by atoms with E-state index >= 15 is 0 Å². The van der Waals surface area contributed by atoms with Crippen LogP contribution >= 0.6 is 0 Å². The van der Waals surface area contributed by atoms with Crippen molar-refractivity contribution in [1.29, 1.82) is 0 Å². The largest absolute Gasteiger partial charge is 0.392 e. The Labute approximate surface area is 108 Å². The summed E-state index contributed by atoms with van der Waals surface area (Å²) in [6.07, 6.45) is 0.898. The third-order valence-corrected chi connectivity index (χ3v) is 4.75. The van der Waals surface area contributed by atoms with Gasteiger partial charge in [0.2, 0.25) is 10.0 Å². The summed E-state index contributed by atoms with van der Waals surface area (Å²) in [7, 11) is -3.27. The Morgan fingerprint density at radius 1 is 1.28 bits per heavy atom. The standard InChI is InChI=1S/C13H19NO3S/c1-13(2)7-12(13)14-18(16,17)9-11-5-3-10(8-15)4-6-11/h3-6,12,14-15H,7-9H2,1-2H3. The van der Waals surface area contributed by atoms with E-state index in [-0.39, 0.29) is 23.8 Å². The first kappa shape index (κ1) is 13.5. The van der Waals surface area contributed by atoms with Crippen molar-refractivity contribution >= 4 is 10.0 Å². The van der Waals surface area contributed by atoms with Crippen molar-refractivity contribution in [3.05, 3.63) is 35.4 Å². The molecule has 0 aliphatic heterocycles. The average molecular weight is 269 g/mol. The quantitative estimate of drug-likeness (QED) is 0.849. The van der Waals surface area contributed by atoms with Crippen LogP contribution in [0.2, 0.25) is 0 Å². The summed E-state index contributed by atoms with van der Waals surface area (Å²) in [6.45, 7) is 4.08. The Morgan fingerprint density at radius 3 is 2.22 bits per heavy atom. The average Bonchev–Trinajstić information content (AvgIpc) is 2.85. The molecule has 1 unspecified atom stereocenters. The maximum atomic E-state index is 11.9. The van der Waals surface area contributed by atoms with Crippen LogP contribution in [-0.4, -0.2) is 19.6 Å². The molecule has 100 valence electrons. The van der Waals surface area contributed by atoms with Gasteiger partial charge in [0, 0.05) is 6.04 Å². The summed E-state index contributed by atoms with van der Waals surface area (Å²) in [6, 6.07) is 7.03. The predicted octanol–water partition coefficient (Wildman–Crippen LogP) is 1.40. The molecule has 1 aromatic carbocycles. The second-order valence-electron chi connectivity index (χ2n) is 5.60. The first-order valence-electron chi connectivity index (χ1n) is 6.01. The van der Waals surface area contributed by atoms with Gasteiger partial charge in [0.1, 0.15) is 0 Å². The zero-order valence-corrected chi connectivity index (χ0v) is 11.5. The van der Waals surface area contributed by atoms with Crippen LogP contribution in [0.25, 0.3) is 0 Å². The van der Waals surface area contributed by atoms with Gasteiger partial charge in [-0.2, -0.15) is 0 Å². The first-order chi connectivity index (χ1) is 8.32. The van der Waals surface area contributed by atoms with Crippen LogP contribution in [-0.2, 0) is 22.4 Å². The van der Waals surface area contributed by atoms with E-state index in [9.17, 15) is 8.42 Å². The van der Waals surface area contributed by atoms with Gasteiger partial charge in [-0.15, -0.1) is 0 Å². The van der Waals surface area contributed by atoms with Gasteiger partial charge in [0.25, 0.3) is 0 Å². The zero-order chi connectivity index (χ0) is 13.4. The number of nitrogens with one attached hydrogen (secondary N) is 1. The van der Waals surface area contributed by atoms with E-state index in [0.29, 0.717) is 0 Å². The second-order valence-corrected chi connectivity index (χ2v) is 7.35. The van der Waals surface area contributed by atoms with Crippen molar-refractivity contribution in [2.75, 3.05) is 0 Å². The van der Waals surface area contributed by atoms with Gasteiger partial charge in [-0.3, -0.25) is 0 Å². The summed E-state index contributed by atoms with van der Waals surface area (Å²) in [5, 5.41) is 8.92. The molecule has 4 nitrogen and oxygen atoms in total. The minimum atomic E-state index is -3.27. The van der Waals surface area contributed by atoms with Gasteiger partial charge in [0.15, 0.2) is 0 Å². The molecule has 18 heavy (non-hydrogen) atoms. The molecule has 1 atom stereocenters. The first-order valence-corrected chi connectivity index (χ1v) is 7.66. The minimum absolute atomic E-state index is 0.00864. The molecular formula is C13H19NO3S. The lowest BCUT2D eigenvalue weighted by atomic mass is 10.2. The molecule has 1 fully saturated rings. The maximum absolute atomic E-state index is 11.9. The van der Waals surface area contributed by atoms with Crippen LogP contribution in [0.3, 0.4) is 0 Å². The van der Waals surface area contributed by atoms with Gasteiger partial charge in [0.05, 0.1) is 12.4 Å². The van der Waals surface area contributed by atoms with Gasteiger partial charge >= 0.3 is 0 Å². The monoisotopic (exact) mass is 269 g/mol. The maximum Gasteiger partial charge on any atom is 0.216 e. The molecule has 0 heterocycles. The number of aliphatic hydroxyl groups excluding tert-OH is 1. The fraction of sp³-hybridized carbons (Fsp3) is 0.538. The van der Waals surface area contributed by atoms with Gasteiger partial charge in [-0.25, -0.2) is 13.1 Å². The molecule has 0 amide bonds. The molecule has 0 bridgehead atoms. The molecule has 0 saturated heterocycles. The van der Waals surface area contributed by atoms with E-state index in [0.717, 1.165) is 17.5 Å². The molecule has 2 N–H and O–H groups in total. The van der Waals surface area contributed by atoms with Crippen molar-refractivity contribution in [3.8, 4) is 0 Å². The third-order valence-electron chi connectivity index (χ3n) is 3.40. The van der Waals surface area contributed by atoms with E-state index in [1.165, 1.54) is 0 Å². The van der Waals surface area contributed by atoms with Crippen molar-refractivity contribution in [1.82, 2.24) is 4.72 Å². The lowest BCUT2D eigenvalue weighted by molar-refractivity contribution is 0.282. The summed E-state index contributed by atoms with van der Waals surface area (Å²) in [5.41, 5.74) is 1.61. The van der Waals surface area contributed by atoms with E-state index in [4.69, 9.17) is 5.11 Å². The molecule has 1 aliphatic rings. The molecule has 5 heteroatoms. The fourth-order valence-corrected chi connectivity index (χ4v) is 3.44. The van der Waals surface area contributed by atoms with Crippen molar-refractivity contribution in [2.24, 2.45) is 5.41 Å². The Bertz CT molecular complexity index is 520. The lowest BCUT2D eigenvalue weighted by Crippen LogP contribution is -2.29. The summed E-state index contributed by atoms with van der Waals surface area (Å²) in [4.78, 5) is 0. The van der Waals surface area contributed by atoms with E-state index < -0.39 is 10.0 Å². The minimum Gasteiger partial charge on any atom is -0.392 e. The normalized spacial score (nSPS) is 21.8. The number of benzene rings is 1. The van der Waals surface area contributed by atoms with Crippen LogP contribution in [0.15, 0.2) is 24.3 Å². The Morgan fingerprint density at radius 2 is 1.78 bits per heavy atom. The number of rotatable bonds is 5. The van der Waals surface area contributed by atoms with Gasteiger partial charge in [-0.05, 0) is 23.0 Å². The molecule has 0 radical (unpaired) electrons. The number of hydrogen-bond acceptors (Lipinski definition) is 3. The summed E-state index contributed by atoms with van der Waals surface area (Å²) < 4.78 is 26.6. The Hall–Kier alpha value is -0.910. The highest BCUT2D eigenvalue weighted by atomic mass is 32.2. The highest BCUT2D eigenvalue weighted by Crippen LogP contribution is 2.45. The zero-order valence-electron chi connectivity index (χ0n) is 10.7. The topological polar surface area (TPSA) is 66.4 Å². The van der Waals surface area contributed by atoms with E-state index in [1.54, 1.807) is 24.3 Å². The van der Waals surface area contributed by atoms with Crippen LogP contribution in [0.1, 0.15) is 31.4 Å². The van der Waals surface area contributed by atoms with E-state index in [2.05, 4.69) is 18.6 Å². The molecule has 0 spiro atoms. The molecule has 1 aliphatic carbocycles. The predicted molar refractivity (Wildman–Crippen MR) is 70.3 cm³/mol. The van der Waals surface area contributed by atoms with Crippen molar-refractivity contribution < 1.29 is 13.5 Å². The molecule has 0 aromatic heterocycles. The highest BCUT2D eigenvalue weighted by Gasteiger charge is 2.47. The van der Waals surface area contributed by atoms with Crippen LogP contribution < -0.4 is 4.72 Å². The SMILES string of the molecule is CC1(C)CC1NS(=O)(=O)Cc1ccc(CO)cc1. The number of sulfonamides is 1. The Balaban J connectivity index is 1.99. The molecule has 1 saturated carbocycles. The van der Waals surface area contributed by atoms with E-state index in [1.807, 2.05) is 0 Å².